The molecule has 1 aromatic heterocycles. The Morgan fingerprint density at radius 1 is 1.11 bits per heavy atom. The van der Waals surface area contributed by atoms with Crippen molar-refractivity contribution in [2.24, 2.45) is 0 Å². The molecule has 1 N–H and O–H groups in total. The minimum Gasteiger partial charge on any atom is -0.444 e. The summed E-state index contributed by atoms with van der Waals surface area (Å²) < 4.78 is 20.2. The molecular formula is C28H31FN4O4. The van der Waals surface area contributed by atoms with Crippen molar-refractivity contribution < 1.29 is 18.7 Å². The van der Waals surface area contributed by atoms with Crippen molar-refractivity contribution in [3.05, 3.63) is 99.0 Å². The number of ether oxygens (including phenoxy) is 1. The Kier molecular flexibility index (Phi) is 7.42. The number of carbonyl (C=O) groups is 2. The average Bonchev–Trinajstić information content (AvgIpc) is 2.85. The molecule has 194 valence electrons. The zero-order valence-electron chi connectivity index (χ0n) is 21.5. The summed E-state index contributed by atoms with van der Waals surface area (Å²) in [6.45, 7) is 7.73. The van der Waals surface area contributed by atoms with Gasteiger partial charge >= 0.3 is 6.09 Å². The lowest BCUT2D eigenvalue weighted by Crippen LogP contribution is -2.45. The molecule has 0 bridgehead atoms. The lowest BCUT2D eigenvalue weighted by atomic mass is 10.0. The third kappa shape index (κ3) is 6.04. The van der Waals surface area contributed by atoms with Crippen LogP contribution >= 0.6 is 0 Å². The van der Waals surface area contributed by atoms with Crippen LogP contribution in [-0.4, -0.2) is 38.6 Å². The molecule has 2 heterocycles. The van der Waals surface area contributed by atoms with E-state index in [1.807, 2.05) is 6.07 Å². The highest BCUT2D eigenvalue weighted by molar-refractivity contribution is 5.83. The number of aryl methyl sites for hydroxylation is 1. The maximum atomic E-state index is 13.7. The highest BCUT2D eigenvalue weighted by Crippen LogP contribution is 2.23. The number of nitrogens with one attached hydrogen (secondary N) is 1. The fourth-order valence-corrected chi connectivity index (χ4v) is 4.35. The first-order valence-corrected chi connectivity index (χ1v) is 12.2. The molecule has 0 radical (unpaired) electrons. The maximum Gasteiger partial charge on any atom is 0.410 e. The van der Waals surface area contributed by atoms with Gasteiger partial charge in [0.2, 0.25) is 5.91 Å². The van der Waals surface area contributed by atoms with Crippen molar-refractivity contribution in [3.63, 3.8) is 0 Å². The number of hydrogen-bond donors (Lipinski definition) is 1. The van der Waals surface area contributed by atoms with Crippen LogP contribution in [0.4, 0.5) is 9.18 Å². The fraction of sp³-hybridized carbons (Fsp3) is 0.357. The van der Waals surface area contributed by atoms with Crippen LogP contribution in [0.2, 0.25) is 0 Å². The molecule has 1 unspecified atom stereocenters. The Labute approximate surface area is 215 Å². The van der Waals surface area contributed by atoms with E-state index in [1.165, 1.54) is 21.6 Å². The quantitative estimate of drug-likeness (QED) is 0.567. The van der Waals surface area contributed by atoms with Gasteiger partial charge in [-0.2, -0.15) is 0 Å². The van der Waals surface area contributed by atoms with Crippen LogP contribution < -0.4 is 10.9 Å². The Bertz CT molecular complexity index is 1350. The largest absolute Gasteiger partial charge is 0.444 e. The predicted octanol–water partition coefficient (Wildman–Crippen LogP) is 3.89. The zero-order valence-corrected chi connectivity index (χ0v) is 21.5. The van der Waals surface area contributed by atoms with Gasteiger partial charge in [-0.25, -0.2) is 14.2 Å². The van der Waals surface area contributed by atoms with Gasteiger partial charge in [0.1, 0.15) is 23.3 Å². The maximum absolute atomic E-state index is 13.7. The first-order valence-electron chi connectivity index (χ1n) is 12.2. The molecule has 0 aliphatic carbocycles. The van der Waals surface area contributed by atoms with Gasteiger partial charge in [0, 0.05) is 18.7 Å². The lowest BCUT2D eigenvalue weighted by Gasteiger charge is -2.31. The number of fused-ring (bicyclic) bond motifs is 1. The lowest BCUT2D eigenvalue weighted by molar-refractivity contribution is -0.123. The highest BCUT2D eigenvalue weighted by atomic mass is 19.1. The van der Waals surface area contributed by atoms with E-state index >= 15 is 0 Å². The van der Waals surface area contributed by atoms with Crippen molar-refractivity contribution in [1.29, 1.82) is 0 Å². The number of amides is 2. The van der Waals surface area contributed by atoms with Crippen LogP contribution in [-0.2, 0) is 29.0 Å². The normalized spacial score (nSPS) is 14.0. The van der Waals surface area contributed by atoms with E-state index in [4.69, 9.17) is 4.74 Å². The third-order valence-electron chi connectivity index (χ3n) is 6.10. The first kappa shape index (κ1) is 26.1. The van der Waals surface area contributed by atoms with Crippen LogP contribution in [0.5, 0.6) is 0 Å². The van der Waals surface area contributed by atoms with Gasteiger partial charge in [0.05, 0.1) is 12.2 Å². The van der Waals surface area contributed by atoms with E-state index in [1.54, 1.807) is 64.1 Å². The summed E-state index contributed by atoms with van der Waals surface area (Å²) in [5.41, 5.74) is 1.42. The summed E-state index contributed by atoms with van der Waals surface area (Å²) in [5, 5.41) is 2.88. The second-order valence-electron chi connectivity index (χ2n) is 10.1. The molecule has 0 spiro atoms. The van der Waals surface area contributed by atoms with Gasteiger partial charge in [-0.15, -0.1) is 0 Å². The van der Waals surface area contributed by atoms with Crippen molar-refractivity contribution in [3.8, 4) is 0 Å². The van der Waals surface area contributed by atoms with E-state index in [9.17, 15) is 18.8 Å². The number of halogens is 1. The predicted molar refractivity (Wildman–Crippen MR) is 136 cm³/mol. The second kappa shape index (κ2) is 10.5. The minimum atomic E-state index is -0.948. The van der Waals surface area contributed by atoms with E-state index < -0.39 is 17.7 Å². The fourth-order valence-electron chi connectivity index (χ4n) is 4.35. The summed E-state index contributed by atoms with van der Waals surface area (Å²) in [6, 6.07) is 13.9. The number of benzene rings is 2. The van der Waals surface area contributed by atoms with Crippen LogP contribution in [0.1, 0.15) is 55.0 Å². The van der Waals surface area contributed by atoms with Crippen molar-refractivity contribution in [2.75, 3.05) is 6.54 Å². The molecule has 0 saturated heterocycles. The molecule has 4 rings (SSSR count). The molecule has 0 saturated carbocycles. The third-order valence-corrected chi connectivity index (χ3v) is 6.10. The van der Waals surface area contributed by atoms with E-state index in [-0.39, 0.29) is 30.4 Å². The molecule has 9 heteroatoms. The summed E-state index contributed by atoms with van der Waals surface area (Å²) in [7, 11) is 0. The molecule has 1 aliphatic rings. The smallest absolute Gasteiger partial charge is 0.410 e. The van der Waals surface area contributed by atoms with Gasteiger partial charge < -0.3 is 15.0 Å². The Morgan fingerprint density at radius 2 is 1.78 bits per heavy atom. The van der Waals surface area contributed by atoms with Crippen LogP contribution in [0.3, 0.4) is 0 Å². The standard InChI is InChI=1S/C28H31FN4O4/c1-18-31-23-17-32(27(36)37-28(2,3)4)15-14-22(23)26(35)33(18)24(20-8-6-5-7-9-20)25(34)30-16-19-10-12-21(29)13-11-19/h5-13,24H,14-17H2,1-4H3,(H,30,34). The van der Waals surface area contributed by atoms with Gasteiger partial charge in [-0.1, -0.05) is 42.5 Å². The highest BCUT2D eigenvalue weighted by Gasteiger charge is 2.32. The Hall–Kier alpha value is -4.01. The average molecular weight is 507 g/mol. The molecular weight excluding hydrogens is 475 g/mol. The van der Waals surface area contributed by atoms with Crippen LogP contribution in [0, 0.1) is 12.7 Å². The summed E-state index contributed by atoms with van der Waals surface area (Å²) in [4.78, 5) is 46.0. The molecule has 2 amide bonds. The van der Waals surface area contributed by atoms with Gasteiger partial charge in [-0.3, -0.25) is 14.2 Å². The number of rotatable bonds is 5. The van der Waals surface area contributed by atoms with Gasteiger partial charge in [0.25, 0.3) is 5.56 Å². The molecule has 1 aliphatic heterocycles. The van der Waals surface area contributed by atoms with Crippen LogP contribution in [0.15, 0.2) is 59.4 Å². The monoisotopic (exact) mass is 506 g/mol. The molecule has 0 fully saturated rings. The Morgan fingerprint density at radius 3 is 2.43 bits per heavy atom. The topological polar surface area (TPSA) is 93.5 Å². The molecule has 3 aromatic rings. The zero-order chi connectivity index (χ0) is 26.7. The first-order chi connectivity index (χ1) is 17.5. The SMILES string of the molecule is Cc1nc2c(c(=O)n1C(C(=O)NCc1ccc(F)cc1)c1ccccc1)CCN(C(=O)OC(C)(C)C)C2. The number of carbonyl (C=O) groups excluding carboxylic acids is 2. The minimum absolute atomic E-state index is 0.161. The van der Waals surface area contributed by atoms with Crippen molar-refractivity contribution >= 4 is 12.0 Å². The number of nitrogens with zero attached hydrogens (tertiary/aromatic N) is 3. The molecule has 1 atom stereocenters. The number of hydrogen-bond acceptors (Lipinski definition) is 5. The second-order valence-corrected chi connectivity index (χ2v) is 10.1. The van der Waals surface area contributed by atoms with E-state index in [0.717, 1.165) is 5.56 Å². The van der Waals surface area contributed by atoms with Gasteiger partial charge in [0.15, 0.2) is 0 Å². The summed E-state index contributed by atoms with van der Waals surface area (Å²) in [5.74, 6) is -0.376. The molecule has 2 aromatic carbocycles. The van der Waals surface area contributed by atoms with Crippen molar-refractivity contribution in [2.45, 2.75) is 58.8 Å². The van der Waals surface area contributed by atoms with Crippen molar-refractivity contribution in [1.82, 2.24) is 19.8 Å². The van der Waals surface area contributed by atoms with Gasteiger partial charge in [-0.05, 0) is 57.4 Å². The van der Waals surface area contributed by atoms with E-state index in [0.29, 0.717) is 35.6 Å². The van der Waals surface area contributed by atoms with E-state index in [2.05, 4.69) is 10.3 Å². The number of aromatic nitrogens is 2. The summed E-state index contributed by atoms with van der Waals surface area (Å²) in [6.07, 6.45) is -0.150. The molecule has 8 nitrogen and oxygen atoms in total. The molecule has 37 heavy (non-hydrogen) atoms. The Balaban J connectivity index is 1.65. The van der Waals surface area contributed by atoms with Crippen LogP contribution in [0.25, 0.3) is 0 Å². The summed E-state index contributed by atoms with van der Waals surface area (Å²) >= 11 is 0.